The summed E-state index contributed by atoms with van der Waals surface area (Å²) in [6.07, 6.45) is 3.59. The van der Waals surface area contributed by atoms with Gasteiger partial charge in [-0.2, -0.15) is 0 Å². The smallest absolute Gasteiger partial charge is 0.410 e. The second kappa shape index (κ2) is 8.94. The van der Waals surface area contributed by atoms with Crippen molar-refractivity contribution in [1.82, 2.24) is 14.5 Å². The van der Waals surface area contributed by atoms with Gasteiger partial charge in [-0.3, -0.25) is 9.36 Å². The van der Waals surface area contributed by atoms with Crippen molar-refractivity contribution in [2.24, 2.45) is 0 Å². The Morgan fingerprint density at radius 1 is 1.25 bits per heavy atom. The zero-order valence-electron chi connectivity index (χ0n) is 19.0. The Morgan fingerprint density at radius 3 is 2.78 bits per heavy atom. The van der Waals surface area contributed by atoms with Gasteiger partial charge >= 0.3 is 6.09 Å². The van der Waals surface area contributed by atoms with E-state index >= 15 is 0 Å². The van der Waals surface area contributed by atoms with Crippen LogP contribution in [0, 0.1) is 0 Å². The van der Waals surface area contributed by atoms with Gasteiger partial charge in [-0.05, 0) is 57.2 Å². The third-order valence-electron chi connectivity index (χ3n) is 5.52. The lowest BCUT2D eigenvalue weighted by Crippen LogP contribution is -2.39. The Labute approximate surface area is 191 Å². The van der Waals surface area contributed by atoms with Gasteiger partial charge in [0.15, 0.2) is 0 Å². The number of amides is 1. The summed E-state index contributed by atoms with van der Waals surface area (Å²) in [6, 6.07) is 7.95. The molecule has 0 fully saturated rings. The number of methoxy groups -OCH3 is 1. The zero-order valence-corrected chi connectivity index (χ0v) is 19.8. The quantitative estimate of drug-likeness (QED) is 0.570. The number of hydrogen-bond acceptors (Lipinski definition) is 6. The van der Waals surface area contributed by atoms with Crippen molar-refractivity contribution in [2.45, 2.75) is 58.7 Å². The summed E-state index contributed by atoms with van der Waals surface area (Å²) >= 11 is 1.50. The van der Waals surface area contributed by atoms with E-state index in [2.05, 4.69) is 11.1 Å². The number of carbonyl (C=O) groups excluding carboxylic acids is 1. The molecule has 0 saturated heterocycles. The maximum Gasteiger partial charge on any atom is 0.410 e. The van der Waals surface area contributed by atoms with Gasteiger partial charge in [-0.25, -0.2) is 9.78 Å². The van der Waals surface area contributed by atoms with Crippen LogP contribution in [0.2, 0.25) is 0 Å². The first kappa shape index (κ1) is 22.3. The van der Waals surface area contributed by atoms with Gasteiger partial charge in [-0.15, -0.1) is 11.3 Å². The summed E-state index contributed by atoms with van der Waals surface area (Å²) in [5, 5.41) is 0.702. The summed E-state index contributed by atoms with van der Waals surface area (Å²) in [6.45, 7) is 7.17. The summed E-state index contributed by atoms with van der Waals surface area (Å²) in [5.41, 5.74) is 1.63. The highest BCUT2D eigenvalue weighted by molar-refractivity contribution is 7.18. The van der Waals surface area contributed by atoms with Crippen molar-refractivity contribution in [3.8, 4) is 5.75 Å². The van der Waals surface area contributed by atoms with Crippen molar-refractivity contribution in [3.63, 3.8) is 0 Å². The molecule has 170 valence electrons. The summed E-state index contributed by atoms with van der Waals surface area (Å²) in [4.78, 5) is 33.7. The minimum atomic E-state index is -0.531. The fraction of sp³-hybridized carbons (Fsp3) is 0.458. The predicted molar refractivity (Wildman–Crippen MR) is 126 cm³/mol. The van der Waals surface area contributed by atoms with Crippen LogP contribution in [0.4, 0.5) is 4.79 Å². The molecule has 0 atom stereocenters. The molecule has 0 radical (unpaired) electrons. The fourth-order valence-electron chi connectivity index (χ4n) is 4.01. The Hall–Kier alpha value is -2.87. The van der Waals surface area contributed by atoms with Crippen molar-refractivity contribution in [2.75, 3.05) is 13.7 Å². The number of hydrogen-bond donors (Lipinski definition) is 0. The normalized spacial score (nSPS) is 13.8. The molecular weight excluding hydrogens is 426 g/mol. The molecule has 4 rings (SSSR count). The minimum absolute atomic E-state index is 0.00163. The largest absolute Gasteiger partial charge is 0.496 e. The second-order valence-electron chi connectivity index (χ2n) is 8.99. The maximum atomic E-state index is 13.2. The average molecular weight is 456 g/mol. The van der Waals surface area contributed by atoms with E-state index in [0.29, 0.717) is 31.4 Å². The van der Waals surface area contributed by atoms with Gasteiger partial charge < -0.3 is 14.4 Å². The van der Waals surface area contributed by atoms with Crippen LogP contribution in [0.25, 0.3) is 10.2 Å². The van der Waals surface area contributed by atoms with E-state index in [1.807, 2.05) is 39.0 Å². The number of benzene rings is 1. The predicted octanol–water partition coefficient (Wildman–Crippen LogP) is 4.39. The molecule has 0 aliphatic carbocycles. The van der Waals surface area contributed by atoms with E-state index in [1.165, 1.54) is 11.3 Å². The van der Waals surface area contributed by atoms with Crippen LogP contribution in [0.5, 0.6) is 5.75 Å². The number of para-hydroxylation sites is 1. The lowest BCUT2D eigenvalue weighted by atomic mass is 10.1. The van der Waals surface area contributed by atoms with Crippen LogP contribution >= 0.6 is 11.3 Å². The van der Waals surface area contributed by atoms with Crippen LogP contribution < -0.4 is 10.3 Å². The Balaban J connectivity index is 1.50. The van der Waals surface area contributed by atoms with E-state index in [1.54, 1.807) is 22.9 Å². The van der Waals surface area contributed by atoms with Crippen molar-refractivity contribution < 1.29 is 14.3 Å². The van der Waals surface area contributed by atoms with Crippen LogP contribution in [0.3, 0.4) is 0 Å². The number of carbonyl (C=O) groups is 1. The summed E-state index contributed by atoms with van der Waals surface area (Å²) in [7, 11) is 1.67. The van der Waals surface area contributed by atoms with Crippen LogP contribution in [0.15, 0.2) is 35.4 Å². The van der Waals surface area contributed by atoms with Crippen LogP contribution in [-0.4, -0.2) is 39.8 Å². The molecule has 7 nitrogen and oxygen atoms in total. The summed E-state index contributed by atoms with van der Waals surface area (Å²) in [5.74, 6) is 0.870. The maximum absolute atomic E-state index is 13.2. The number of thiophene rings is 1. The molecule has 3 aromatic rings. The molecule has 0 unspecified atom stereocenters. The molecule has 32 heavy (non-hydrogen) atoms. The Kier molecular flexibility index (Phi) is 6.24. The highest BCUT2D eigenvalue weighted by atomic mass is 32.1. The molecule has 2 aromatic heterocycles. The van der Waals surface area contributed by atoms with Gasteiger partial charge in [0.2, 0.25) is 0 Å². The molecule has 3 heterocycles. The molecule has 0 saturated carbocycles. The van der Waals surface area contributed by atoms with E-state index in [0.717, 1.165) is 39.4 Å². The number of rotatable bonds is 5. The molecule has 1 aliphatic rings. The lowest BCUT2D eigenvalue weighted by Gasteiger charge is -2.29. The highest BCUT2D eigenvalue weighted by Crippen LogP contribution is 2.32. The molecule has 8 heteroatoms. The molecule has 0 spiro atoms. The van der Waals surface area contributed by atoms with E-state index in [9.17, 15) is 9.59 Å². The third-order valence-corrected chi connectivity index (χ3v) is 6.64. The standard InChI is InChI=1S/C24H29N3O4S/c1-24(2,3)31-23(29)26-13-11-17-19(14-26)32-21-20(17)22(28)27(15-25-21)12-7-9-16-8-5-6-10-18(16)30-4/h5-6,8,10,15H,7,9,11-14H2,1-4H3. The van der Waals surface area contributed by atoms with Gasteiger partial charge in [-0.1, -0.05) is 18.2 Å². The number of nitrogens with zero attached hydrogens (tertiary/aromatic N) is 3. The van der Waals surface area contributed by atoms with Crippen molar-refractivity contribution in [1.29, 1.82) is 0 Å². The van der Waals surface area contributed by atoms with Gasteiger partial charge in [0.1, 0.15) is 16.2 Å². The molecule has 1 amide bonds. The average Bonchev–Trinajstić information content (AvgIpc) is 3.13. The second-order valence-corrected chi connectivity index (χ2v) is 10.1. The van der Waals surface area contributed by atoms with Crippen LogP contribution in [0.1, 0.15) is 43.2 Å². The first-order chi connectivity index (χ1) is 15.3. The number of aryl methyl sites for hydroxylation is 2. The number of ether oxygens (including phenoxy) is 2. The molecule has 0 N–H and O–H groups in total. The fourth-order valence-corrected chi connectivity index (χ4v) is 5.20. The Bertz CT molecular complexity index is 1190. The molecule has 0 bridgehead atoms. The SMILES string of the molecule is COc1ccccc1CCCn1cnc2sc3c(c2c1=O)CCN(C(=O)OC(C)(C)C)C3. The van der Waals surface area contributed by atoms with E-state index < -0.39 is 5.60 Å². The minimum Gasteiger partial charge on any atom is -0.496 e. The van der Waals surface area contributed by atoms with E-state index in [4.69, 9.17) is 9.47 Å². The highest BCUT2D eigenvalue weighted by Gasteiger charge is 2.29. The monoisotopic (exact) mass is 455 g/mol. The third kappa shape index (κ3) is 4.65. The first-order valence-electron chi connectivity index (χ1n) is 10.9. The van der Waals surface area contributed by atoms with Crippen LogP contribution in [-0.2, 0) is 30.7 Å². The van der Waals surface area contributed by atoms with Gasteiger partial charge in [0, 0.05) is 18.0 Å². The lowest BCUT2D eigenvalue weighted by molar-refractivity contribution is 0.0227. The zero-order chi connectivity index (χ0) is 22.9. The van der Waals surface area contributed by atoms with Gasteiger partial charge in [0.25, 0.3) is 5.56 Å². The topological polar surface area (TPSA) is 73.7 Å². The first-order valence-corrected chi connectivity index (χ1v) is 11.7. The van der Waals surface area contributed by atoms with Crippen molar-refractivity contribution in [3.05, 3.63) is 57.0 Å². The van der Waals surface area contributed by atoms with Gasteiger partial charge in [0.05, 0.1) is 25.4 Å². The number of aromatic nitrogens is 2. The summed E-state index contributed by atoms with van der Waals surface area (Å²) < 4.78 is 12.6. The van der Waals surface area contributed by atoms with Crippen molar-refractivity contribution >= 4 is 27.6 Å². The van der Waals surface area contributed by atoms with E-state index in [-0.39, 0.29) is 11.7 Å². The Morgan fingerprint density at radius 2 is 2.03 bits per heavy atom. The molecule has 1 aliphatic heterocycles. The molecule has 1 aromatic carbocycles. The number of fused-ring (bicyclic) bond motifs is 3. The molecular formula is C24H29N3O4S.